The highest BCUT2D eigenvalue weighted by molar-refractivity contribution is 6.03. The van der Waals surface area contributed by atoms with E-state index in [0.717, 1.165) is 4.68 Å². The average molecular weight is 460 g/mol. The number of amides is 1. The summed E-state index contributed by atoms with van der Waals surface area (Å²) >= 11 is 0. The summed E-state index contributed by atoms with van der Waals surface area (Å²) in [4.78, 5) is 12.7. The summed E-state index contributed by atoms with van der Waals surface area (Å²) in [6.07, 6.45) is -5.47. The predicted octanol–water partition coefficient (Wildman–Crippen LogP) is 4.86. The van der Waals surface area contributed by atoms with E-state index in [1.165, 1.54) is 13.2 Å². The Morgan fingerprint density at radius 2 is 1.88 bits per heavy atom. The molecule has 0 saturated heterocycles. The van der Waals surface area contributed by atoms with Crippen LogP contribution in [0.4, 0.5) is 24.7 Å². The third-order valence-corrected chi connectivity index (χ3v) is 5.59. The molecule has 1 aliphatic rings. The third-order valence-electron chi connectivity index (χ3n) is 5.59. The number of rotatable bonds is 5. The second kappa shape index (κ2) is 8.78. The van der Waals surface area contributed by atoms with E-state index >= 15 is 0 Å². The van der Waals surface area contributed by atoms with Gasteiger partial charge in [-0.25, -0.2) is 4.68 Å². The normalized spacial score (nSPS) is 18.7. The summed E-state index contributed by atoms with van der Waals surface area (Å²) in [5, 5.41) is 19.2. The van der Waals surface area contributed by atoms with E-state index in [9.17, 15) is 23.1 Å². The molecule has 0 unspecified atom stereocenters. The fraction of sp³-hybridized carbons (Fsp3) is 0.304. The van der Waals surface area contributed by atoms with Crippen LogP contribution in [0.2, 0.25) is 0 Å². The Labute approximate surface area is 188 Å². The van der Waals surface area contributed by atoms with Crippen LogP contribution >= 0.6 is 0 Å². The van der Waals surface area contributed by atoms with E-state index in [1.54, 1.807) is 55.5 Å². The van der Waals surface area contributed by atoms with Crippen molar-refractivity contribution in [3.05, 3.63) is 71.4 Å². The molecule has 1 aliphatic heterocycles. The summed E-state index contributed by atoms with van der Waals surface area (Å²) in [5.41, 5.74) is 1.64. The standard InChI is InChI=1S/C23H23F3N4O3/c1-13(31)14-3-7-16(8-4-14)27-22(32)19-12-21-28-18(15-5-9-17(33-2)10-6-15)11-20(23(24,25)26)30(21)29-19/h3-10,12-13,18,20,28,31H,11H2,1-2H3,(H,27,32)/t13-,18-,20-/m0/s1. The number of fused-ring (bicyclic) bond motifs is 1. The summed E-state index contributed by atoms with van der Waals surface area (Å²) in [6.45, 7) is 1.62. The number of methoxy groups -OCH3 is 1. The van der Waals surface area contributed by atoms with Crippen LogP contribution in [0.15, 0.2) is 54.6 Å². The molecule has 2 heterocycles. The summed E-state index contributed by atoms with van der Waals surface area (Å²) in [5.74, 6) is 0.0804. The van der Waals surface area contributed by atoms with Crippen LogP contribution < -0.4 is 15.4 Å². The zero-order valence-electron chi connectivity index (χ0n) is 17.9. The summed E-state index contributed by atoms with van der Waals surface area (Å²) in [7, 11) is 1.51. The second-order valence-electron chi connectivity index (χ2n) is 7.87. The van der Waals surface area contributed by atoms with Crippen LogP contribution in [0.1, 0.15) is 53.1 Å². The molecule has 10 heteroatoms. The largest absolute Gasteiger partial charge is 0.497 e. The number of hydrogen-bond acceptors (Lipinski definition) is 5. The highest BCUT2D eigenvalue weighted by Gasteiger charge is 2.46. The van der Waals surface area contributed by atoms with Gasteiger partial charge in [0.05, 0.1) is 19.3 Å². The van der Waals surface area contributed by atoms with E-state index in [0.29, 0.717) is 22.6 Å². The van der Waals surface area contributed by atoms with Gasteiger partial charge in [-0.05, 0) is 42.3 Å². The third kappa shape index (κ3) is 4.80. The minimum atomic E-state index is -4.54. The number of anilines is 2. The molecule has 0 bridgehead atoms. The van der Waals surface area contributed by atoms with Crippen molar-refractivity contribution >= 4 is 17.4 Å². The first kappa shape index (κ1) is 22.7. The topological polar surface area (TPSA) is 88.4 Å². The molecule has 1 aromatic heterocycles. The maximum Gasteiger partial charge on any atom is 0.410 e. The van der Waals surface area contributed by atoms with Gasteiger partial charge in [0.1, 0.15) is 11.6 Å². The number of halogens is 3. The lowest BCUT2D eigenvalue weighted by Crippen LogP contribution is -2.35. The van der Waals surface area contributed by atoms with Gasteiger partial charge in [0, 0.05) is 18.2 Å². The Balaban J connectivity index is 1.59. The minimum absolute atomic E-state index is 0.110. The molecule has 3 aromatic rings. The second-order valence-corrected chi connectivity index (χ2v) is 7.87. The fourth-order valence-electron chi connectivity index (χ4n) is 3.78. The molecule has 4 rings (SSSR count). The average Bonchev–Trinajstić information content (AvgIpc) is 3.22. The van der Waals surface area contributed by atoms with Crippen LogP contribution in [0.3, 0.4) is 0 Å². The molecule has 0 radical (unpaired) electrons. The Morgan fingerprint density at radius 3 is 2.45 bits per heavy atom. The highest BCUT2D eigenvalue weighted by atomic mass is 19.4. The van der Waals surface area contributed by atoms with Crippen LogP contribution in [0, 0.1) is 0 Å². The Bertz CT molecular complexity index is 1130. The number of ether oxygens (including phenoxy) is 1. The van der Waals surface area contributed by atoms with Crippen LogP contribution in [-0.4, -0.2) is 34.1 Å². The van der Waals surface area contributed by atoms with Gasteiger partial charge < -0.3 is 20.5 Å². The lowest BCUT2D eigenvalue weighted by molar-refractivity contribution is -0.173. The molecule has 7 nitrogen and oxygen atoms in total. The molecule has 3 N–H and O–H groups in total. The van der Waals surface area contributed by atoms with E-state index in [-0.39, 0.29) is 17.9 Å². The first-order chi connectivity index (χ1) is 15.7. The van der Waals surface area contributed by atoms with Crippen molar-refractivity contribution in [2.45, 2.75) is 37.7 Å². The Kier molecular flexibility index (Phi) is 6.03. The molecule has 0 fully saturated rings. The van der Waals surface area contributed by atoms with Crippen molar-refractivity contribution in [2.24, 2.45) is 0 Å². The highest BCUT2D eigenvalue weighted by Crippen LogP contribution is 2.43. The molecule has 0 spiro atoms. The number of nitrogens with one attached hydrogen (secondary N) is 2. The Hall–Kier alpha value is -3.53. The van der Waals surface area contributed by atoms with Gasteiger partial charge in [-0.3, -0.25) is 4.79 Å². The number of alkyl halides is 3. The van der Waals surface area contributed by atoms with Crippen LogP contribution in [0.25, 0.3) is 0 Å². The number of hydrogen-bond donors (Lipinski definition) is 3. The van der Waals surface area contributed by atoms with Crippen molar-refractivity contribution in [3.8, 4) is 5.75 Å². The molecule has 33 heavy (non-hydrogen) atoms. The van der Waals surface area contributed by atoms with Crippen molar-refractivity contribution in [1.29, 1.82) is 0 Å². The van der Waals surface area contributed by atoms with Crippen molar-refractivity contribution < 1.29 is 27.8 Å². The summed E-state index contributed by atoms with van der Waals surface area (Å²) < 4.78 is 47.5. The number of carbonyl (C=O) groups excluding carboxylic acids is 1. The number of benzene rings is 2. The molecule has 1 amide bonds. The van der Waals surface area contributed by atoms with Crippen molar-refractivity contribution in [1.82, 2.24) is 9.78 Å². The number of aliphatic hydroxyl groups excluding tert-OH is 1. The van der Waals surface area contributed by atoms with E-state index in [2.05, 4.69) is 15.7 Å². The number of nitrogens with zero attached hydrogens (tertiary/aromatic N) is 2. The number of aromatic nitrogens is 2. The van der Waals surface area contributed by atoms with Gasteiger partial charge in [-0.2, -0.15) is 18.3 Å². The first-order valence-electron chi connectivity index (χ1n) is 10.3. The minimum Gasteiger partial charge on any atom is -0.497 e. The maximum absolute atomic E-state index is 13.9. The molecule has 174 valence electrons. The van der Waals surface area contributed by atoms with Crippen LogP contribution in [-0.2, 0) is 0 Å². The number of carbonyl (C=O) groups is 1. The predicted molar refractivity (Wildman–Crippen MR) is 116 cm³/mol. The van der Waals surface area contributed by atoms with Gasteiger partial charge in [-0.1, -0.05) is 24.3 Å². The smallest absolute Gasteiger partial charge is 0.410 e. The zero-order chi connectivity index (χ0) is 23.8. The van der Waals surface area contributed by atoms with E-state index < -0.39 is 30.3 Å². The van der Waals surface area contributed by atoms with E-state index in [1.807, 2.05) is 0 Å². The molecular weight excluding hydrogens is 437 g/mol. The van der Waals surface area contributed by atoms with Crippen LogP contribution in [0.5, 0.6) is 5.75 Å². The monoisotopic (exact) mass is 460 g/mol. The van der Waals surface area contributed by atoms with Gasteiger partial charge in [0.2, 0.25) is 0 Å². The Morgan fingerprint density at radius 1 is 1.21 bits per heavy atom. The number of aliphatic hydroxyl groups is 1. The van der Waals surface area contributed by atoms with Crippen molar-refractivity contribution in [2.75, 3.05) is 17.7 Å². The maximum atomic E-state index is 13.9. The molecule has 0 aliphatic carbocycles. The molecule has 3 atom stereocenters. The lowest BCUT2D eigenvalue weighted by Gasteiger charge is -2.33. The van der Waals surface area contributed by atoms with Gasteiger partial charge in [-0.15, -0.1) is 0 Å². The van der Waals surface area contributed by atoms with Gasteiger partial charge >= 0.3 is 6.18 Å². The fourth-order valence-corrected chi connectivity index (χ4v) is 3.78. The quantitative estimate of drug-likeness (QED) is 0.506. The van der Waals surface area contributed by atoms with Gasteiger partial charge in [0.25, 0.3) is 5.91 Å². The molecule has 2 aromatic carbocycles. The zero-order valence-corrected chi connectivity index (χ0v) is 17.9. The van der Waals surface area contributed by atoms with E-state index in [4.69, 9.17) is 4.74 Å². The lowest BCUT2D eigenvalue weighted by atomic mass is 9.97. The molecular formula is C23H23F3N4O3. The van der Waals surface area contributed by atoms with Gasteiger partial charge in [0.15, 0.2) is 11.7 Å². The molecule has 0 saturated carbocycles. The SMILES string of the molecule is COc1ccc([C@@H]2C[C@@H](C(F)(F)F)n3nc(C(=O)Nc4ccc([C@H](C)O)cc4)cc3N2)cc1. The van der Waals surface area contributed by atoms with Crippen molar-refractivity contribution in [3.63, 3.8) is 0 Å². The summed E-state index contributed by atoms with van der Waals surface area (Å²) in [6, 6.07) is 12.1. The first-order valence-corrected chi connectivity index (χ1v) is 10.3.